The first-order valence-electron chi connectivity index (χ1n) is 4.08. The molecule has 2 aromatic rings. The van der Waals surface area contributed by atoms with Gasteiger partial charge in [-0.1, -0.05) is 0 Å². The quantitative estimate of drug-likeness (QED) is 0.631. The number of thioether (sulfide) groups is 1. The smallest absolute Gasteiger partial charge is 0.132 e. The molecule has 1 aromatic carbocycles. The van der Waals surface area contributed by atoms with Gasteiger partial charge in [-0.25, -0.2) is 0 Å². The van der Waals surface area contributed by atoms with Crippen LogP contribution in [0.4, 0.5) is 0 Å². The Hall–Kier alpha value is -0.320. The molecule has 1 nitrogen and oxygen atoms in total. The third kappa shape index (κ3) is 1.62. The summed E-state index contributed by atoms with van der Waals surface area (Å²) in [6, 6.07) is 4.11. The van der Waals surface area contributed by atoms with Gasteiger partial charge in [-0.05, 0) is 18.4 Å². The fraction of sp³-hybridized carbons (Fsp3) is 0.200. The standard InChI is InChI=1S/C10H10OS3/c1-11-7-3-6-9(4-8(7)12)14-5-10(6)13-2/h3-5,12H,1-2H3. The molecule has 74 valence electrons. The van der Waals surface area contributed by atoms with E-state index >= 15 is 0 Å². The molecule has 4 heteroatoms. The second-order valence-electron chi connectivity index (χ2n) is 2.82. The zero-order chi connectivity index (χ0) is 10.1. The van der Waals surface area contributed by atoms with Gasteiger partial charge >= 0.3 is 0 Å². The molecule has 0 saturated heterocycles. The first kappa shape index (κ1) is 10.2. The van der Waals surface area contributed by atoms with E-state index in [-0.39, 0.29) is 0 Å². The summed E-state index contributed by atoms with van der Waals surface area (Å²) in [6.45, 7) is 0. The van der Waals surface area contributed by atoms with Gasteiger partial charge in [-0.3, -0.25) is 0 Å². The van der Waals surface area contributed by atoms with Crippen LogP contribution in [0.5, 0.6) is 5.75 Å². The molecule has 0 spiro atoms. The fourth-order valence-corrected chi connectivity index (χ4v) is 3.54. The molecule has 0 radical (unpaired) electrons. The number of fused-ring (bicyclic) bond motifs is 1. The number of thiophene rings is 1. The number of rotatable bonds is 2. The molecule has 0 aliphatic rings. The van der Waals surface area contributed by atoms with Crippen molar-refractivity contribution in [3.05, 3.63) is 17.5 Å². The summed E-state index contributed by atoms with van der Waals surface area (Å²) in [7, 11) is 1.67. The van der Waals surface area contributed by atoms with E-state index in [4.69, 9.17) is 4.74 Å². The van der Waals surface area contributed by atoms with Gasteiger partial charge in [0.1, 0.15) is 5.75 Å². The predicted octanol–water partition coefficient (Wildman–Crippen LogP) is 3.92. The van der Waals surface area contributed by atoms with Crippen molar-refractivity contribution in [3.8, 4) is 5.75 Å². The monoisotopic (exact) mass is 242 g/mol. The molecule has 0 fully saturated rings. The molecule has 0 N–H and O–H groups in total. The van der Waals surface area contributed by atoms with E-state index in [9.17, 15) is 0 Å². The van der Waals surface area contributed by atoms with E-state index in [1.54, 1.807) is 30.2 Å². The minimum atomic E-state index is 0.842. The molecule has 2 rings (SSSR count). The van der Waals surface area contributed by atoms with Gasteiger partial charge in [-0.15, -0.1) is 35.7 Å². The van der Waals surface area contributed by atoms with Crippen LogP contribution in [0.25, 0.3) is 10.1 Å². The third-order valence-electron chi connectivity index (χ3n) is 2.06. The minimum Gasteiger partial charge on any atom is -0.496 e. The highest BCUT2D eigenvalue weighted by Gasteiger charge is 2.07. The van der Waals surface area contributed by atoms with Crippen LogP contribution in [-0.4, -0.2) is 13.4 Å². The predicted molar refractivity (Wildman–Crippen MR) is 67.4 cm³/mol. The zero-order valence-electron chi connectivity index (χ0n) is 7.90. The van der Waals surface area contributed by atoms with Crippen molar-refractivity contribution in [1.82, 2.24) is 0 Å². The van der Waals surface area contributed by atoms with Crippen LogP contribution in [0.3, 0.4) is 0 Å². The van der Waals surface area contributed by atoms with Crippen molar-refractivity contribution in [1.29, 1.82) is 0 Å². The molecule has 0 saturated carbocycles. The number of thiol groups is 1. The highest BCUT2D eigenvalue weighted by molar-refractivity contribution is 7.99. The van der Waals surface area contributed by atoms with Crippen LogP contribution in [0.15, 0.2) is 27.3 Å². The molecule has 0 aliphatic heterocycles. The Morgan fingerprint density at radius 2 is 2.21 bits per heavy atom. The number of hydrogen-bond donors (Lipinski definition) is 1. The van der Waals surface area contributed by atoms with Crippen LogP contribution in [0, 0.1) is 0 Å². The summed E-state index contributed by atoms with van der Waals surface area (Å²) in [5.41, 5.74) is 0. The SMILES string of the molecule is COc1cc2c(SC)csc2cc1S. The summed E-state index contributed by atoms with van der Waals surface area (Å²) in [5.74, 6) is 0.842. The lowest BCUT2D eigenvalue weighted by molar-refractivity contribution is 0.406. The maximum Gasteiger partial charge on any atom is 0.132 e. The van der Waals surface area contributed by atoms with E-state index in [0.717, 1.165) is 10.6 Å². The van der Waals surface area contributed by atoms with Crippen molar-refractivity contribution < 1.29 is 4.74 Å². The van der Waals surface area contributed by atoms with Crippen LogP contribution in [0.1, 0.15) is 0 Å². The van der Waals surface area contributed by atoms with Gasteiger partial charge in [0.2, 0.25) is 0 Å². The summed E-state index contributed by atoms with van der Waals surface area (Å²) >= 11 is 7.87. The Morgan fingerprint density at radius 3 is 2.86 bits per heavy atom. The van der Waals surface area contributed by atoms with Crippen LogP contribution < -0.4 is 4.74 Å². The summed E-state index contributed by atoms with van der Waals surface area (Å²) in [6.07, 6.45) is 2.09. The van der Waals surface area contributed by atoms with Crippen molar-refractivity contribution in [2.45, 2.75) is 9.79 Å². The van der Waals surface area contributed by atoms with E-state index in [1.807, 2.05) is 0 Å². The summed E-state index contributed by atoms with van der Waals surface area (Å²) in [5, 5.41) is 3.43. The third-order valence-corrected chi connectivity index (χ3v) is 4.28. The molecular formula is C10H10OS3. The van der Waals surface area contributed by atoms with Crippen LogP contribution in [0.2, 0.25) is 0 Å². The second kappa shape index (κ2) is 4.04. The van der Waals surface area contributed by atoms with E-state index in [0.29, 0.717) is 0 Å². The lowest BCUT2D eigenvalue weighted by Gasteiger charge is -2.04. The van der Waals surface area contributed by atoms with Gasteiger partial charge < -0.3 is 4.74 Å². The molecule has 0 atom stereocenters. The molecule has 0 bridgehead atoms. The number of hydrogen-bond acceptors (Lipinski definition) is 4. The fourth-order valence-electron chi connectivity index (χ4n) is 1.34. The largest absolute Gasteiger partial charge is 0.496 e. The van der Waals surface area contributed by atoms with Crippen LogP contribution >= 0.6 is 35.7 Å². The van der Waals surface area contributed by atoms with Gasteiger partial charge in [0.15, 0.2) is 0 Å². The van der Waals surface area contributed by atoms with Gasteiger partial charge in [0.05, 0.1) is 7.11 Å². The first-order valence-corrected chi connectivity index (χ1v) is 6.63. The zero-order valence-corrected chi connectivity index (χ0v) is 10.4. The highest BCUT2D eigenvalue weighted by Crippen LogP contribution is 2.37. The normalized spacial score (nSPS) is 10.8. The maximum atomic E-state index is 5.24. The van der Waals surface area contributed by atoms with Gasteiger partial charge in [-0.2, -0.15) is 0 Å². The Kier molecular flexibility index (Phi) is 2.95. The van der Waals surface area contributed by atoms with Gasteiger partial charge in [0.25, 0.3) is 0 Å². The molecular weight excluding hydrogens is 232 g/mol. The lowest BCUT2D eigenvalue weighted by atomic mass is 10.2. The Morgan fingerprint density at radius 1 is 1.43 bits per heavy atom. The lowest BCUT2D eigenvalue weighted by Crippen LogP contribution is -1.83. The molecule has 0 amide bonds. The highest BCUT2D eigenvalue weighted by atomic mass is 32.2. The summed E-state index contributed by atoms with van der Waals surface area (Å²) in [4.78, 5) is 2.20. The molecule has 1 aromatic heterocycles. The Balaban J connectivity index is 2.70. The number of benzene rings is 1. The van der Waals surface area contributed by atoms with E-state index < -0.39 is 0 Å². The molecule has 14 heavy (non-hydrogen) atoms. The molecule has 1 heterocycles. The molecule has 0 aliphatic carbocycles. The van der Waals surface area contributed by atoms with Crippen molar-refractivity contribution in [2.75, 3.05) is 13.4 Å². The maximum absolute atomic E-state index is 5.24. The second-order valence-corrected chi connectivity index (χ2v) is 5.07. The van der Waals surface area contributed by atoms with Crippen LogP contribution in [-0.2, 0) is 0 Å². The number of methoxy groups -OCH3 is 1. The van der Waals surface area contributed by atoms with Crippen molar-refractivity contribution in [3.63, 3.8) is 0 Å². The average Bonchev–Trinajstić information content (AvgIpc) is 2.58. The minimum absolute atomic E-state index is 0.842. The average molecular weight is 242 g/mol. The summed E-state index contributed by atoms with van der Waals surface area (Å²) < 4.78 is 6.50. The first-order chi connectivity index (χ1) is 6.76. The van der Waals surface area contributed by atoms with Crippen molar-refractivity contribution in [2.24, 2.45) is 0 Å². The van der Waals surface area contributed by atoms with Gasteiger partial charge in [0, 0.05) is 25.3 Å². The molecule has 0 unspecified atom stereocenters. The Labute approximate surface area is 96.9 Å². The Bertz CT molecular complexity index is 462. The topological polar surface area (TPSA) is 9.23 Å². The van der Waals surface area contributed by atoms with E-state index in [1.165, 1.54) is 15.0 Å². The number of ether oxygens (including phenoxy) is 1. The van der Waals surface area contributed by atoms with Crippen molar-refractivity contribution >= 4 is 45.8 Å². The van der Waals surface area contributed by atoms with E-state index in [2.05, 4.69) is 36.4 Å².